The van der Waals surface area contributed by atoms with E-state index in [4.69, 9.17) is 0 Å². The summed E-state index contributed by atoms with van der Waals surface area (Å²) in [5, 5.41) is 9.43. The highest BCUT2D eigenvalue weighted by Gasteiger charge is 2.50. The summed E-state index contributed by atoms with van der Waals surface area (Å²) in [5.74, 6) is -1.98. The number of amides is 2. The maximum absolute atomic E-state index is 12.5. The summed E-state index contributed by atoms with van der Waals surface area (Å²) in [7, 11) is 0. The van der Waals surface area contributed by atoms with Crippen molar-refractivity contribution in [3.8, 4) is 0 Å². The van der Waals surface area contributed by atoms with Crippen molar-refractivity contribution in [2.75, 3.05) is 5.75 Å². The van der Waals surface area contributed by atoms with E-state index < -0.39 is 23.3 Å². The van der Waals surface area contributed by atoms with Crippen molar-refractivity contribution in [1.29, 1.82) is 0 Å². The van der Waals surface area contributed by atoms with E-state index in [0.29, 0.717) is 5.75 Å². The molecule has 2 amide bonds. The summed E-state index contributed by atoms with van der Waals surface area (Å²) in [6, 6.07) is 6.23. The van der Waals surface area contributed by atoms with Crippen LogP contribution in [0.3, 0.4) is 0 Å². The highest BCUT2D eigenvalue weighted by Crippen LogP contribution is 2.33. The highest BCUT2D eigenvalue weighted by atomic mass is 32.2. The fourth-order valence-corrected chi connectivity index (χ4v) is 3.10. The van der Waals surface area contributed by atoms with E-state index in [2.05, 4.69) is 0 Å². The van der Waals surface area contributed by atoms with Gasteiger partial charge in [0, 0.05) is 6.42 Å². The largest absolute Gasteiger partial charge is 0.479 e. The van der Waals surface area contributed by atoms with E-state index in [1.807, 2.05) is 6.92 Å². The quantitative estimate of drug-likeness (QED) is 0.801. The Labute approximate surface area is 137 Å². The molecule has 1 aliphatic heterocycles. The molecule has 0 saturated carbocycles. The van der Waals surface area contributed by atoms with Crippen LogP contribution < -0.4 is 0 Å². The molecule has 0 bridgehead atoms. The maximum Gasteiger partial charge on any atom is 0.329 e. The lowest BCUT2D eigenvalue weighted by atomic mass is 9.93. The van der Waals surface area contributed by atoms with Crippen molar-refractivity contribution in [2.24, 2.45) is 0 Å². The second kappa shape index (κ2) is 6.54. The first-order valence-corrected chi connectivity index (χ1v) is 8.18. The lowest BCUT2D eigenvalue weighted by Gasteiger charge is -2.33. The summed E-state index contributed by atoms with van der Waals surface area (Å²) in [5.41, 5.74) is -1.37. The van der Waals surface area contributed by atoms with Crippen LogP contribution in [0.4, 0.5) is 0 Å². The lowest BCUT2D eigenvalue weighted by molar-refractivity contribution is -0.148. The number of aliphatic carboxylic acids is 1. The number of nitrogens with zero attached hydrogens (tertiary/aromatic N) is 1. The van der Waals surface area contributed by atoms with Crippen molar-refractivity contribution in [3.63, 3.8) is 0 Å². The number of rotatable bonds is 6. The zero-order chi connectivity index (χ0) is 17.2. The predicted molar refractivity (Wildman–Crippen MR) is 85.4 cm³/mol. The van der Waals surface area contributed by atoms with Crippen LogP contribution in [-0.2, 0) is 9.59 Å². The molecule has 0 aliphatic carbocycles. The molecule has 6 nitrogen and oxygen atoms in total. The monoisotopic (exact) mass is 335 g/mol. The number of imide groups is 1. The van der Waals surface area contributed by atoms with Crippen LogP contribution in [0.25, 0.3) is 0 Å². The summed E-state index contributed by atoms with van der Waals surface area (Å²) < 4.78 is 0. The third-order valence-electron chi connectivity index (χ3n) is 3.87. The van der Waals surface area contributed by atoms with Gasteiger partial charge in [0.2, 0.25) is 0 Å². The number of carboxylic acids is 1. The second-order valence-electron chi connectivity index (χ2n) is 5.38. The molecule has 1 N–H and O–H groups in total. The molecule has 0 fully saturated rings. The molecule has 1 aromatic rings. The van der Waals surface area contributed by atoms with Crippen molar-refractivity contribution < 1.29 is 24.3 Å². The van der Waals surface area contributed by atoms with Crippen molar-refractivity contribution >= 4 is 34.7 Å². The molecule has 122 valence electrons. The van der Waals surface area contributed by atoms with Crippen LogP contribution in [0.15, 0.2) is 24.3 Å². The standard InChI is InChI=1S/C16H17NO5S/c1-3-23-12(18)8-9-16(2,15(21)22)17-13(19)10-6-4-5-7-11(10)14(17)20/h4-7H,3,8-9H2,1-2H3,(H,21,22)/t16-/m0/s1. The molecular formula is C16H17NO5S. The minimum atomic E-state index is -1.75. The molecule has 7 heteroatoms. The number of carboxylic acid groups (broad SMARTS) is 1. The van der Waals surface area contributed by atoms with Crippen LogP contribution in [0.1, 0.15) is 47.4 Å². The van der Waals surface area contributed by atoms with Crippen LogP contribution in [0.5, 0.6) is 0 Å². The fourth-order valence-electron chi connectivity index (χ4n) is 2.53. The molecule has 0 saturated heterocycles. The third kappa shape index (κ3) is 3.01. The third-order valence-corrected chi connectivity index (χ3v) is 4.68. The zero-order valence-electron chi connectivity index (χ0n) is 12.9. The van der Waals surface area contributed by atoms with Gasteiger partial charge < -0.3 is 5.11 Å². The molecule has 1 atom stereocenters. The Balaban J connectivity index is 2.32. The van der Waals surface area contributed by atoms with E-state index in [-0.39, 0.29) is 29.1 Å². The Kier molecular flexibility index (Phi) is 4.89. The number of carbonyl (C=O) groups excluding carboxylic acids is 3. The number of benzene rings is 1. The summed E-state index contributed by atoms with van der Waals surface area (Å²) in [6.45, 7) is 3.13. The first-order chi connectivity index (χ1) is 10.8. The van der Waals surface area contributed by atoms with E-state index >= 15 is 0 Å². The summed E-state index contributed by atoms with van der Waals surface area (Å²) in [4.78, 5) is 49.2. The minimum absolute atomic E-state index is 0.0191. The Hall–Kier alpha value is -2.15. The van der Waals surface area contributed by atoms with Gasteiger partial charge in [-0.25, -0.2) is 4.79 Å². The Morgan fingerprint density at radius 1 is 1.17 bits per heavy atom. The van der Waals surface area contributed by atoms with E-state index in [9.17, 15) is 24.3 Å². The topological polar surface area (TPSA) is 91.8 Å². The second-order valence-corrected chi connectivity index (χ2v) is 6.70. The Morgan fingerprint density at radius 3 is 2.13 bits per heavy atom. The molecule has 0 unspecified atom stereocenters. The average Bonchev–Trinajstić information content (AvgIpc) is 2.77. The molecule has 1 aliphatic rings. The molecule has 1 heterocycles. The zero-order valence-corrected chi connectivity index (χ0v) is 13.7. The van der Waals surface area contributed by atoms with Gasteiger partial charge in [-0.3, -0.25) is 19.3 Å². The molecular weight excluding hydrogens is 318 g/mol. The number of carbonyl (C=O) groups is 4. The maximum atomic E-state index is 12.5. The summed E-state index contributed by atoms with van der Waals surface area (Å²) >= 11 is 1.09. The summed E-state index contributed by atoms with van der Waals surface area (Å²) in [6.07, 6.45) is -0.131. The molecule has 2 rings (SSSR count). The van der Waals surface area contributed by atoms with Crippen LogP contribution in [0.2, 0.25) is 0 Å². The lowest BCUT2D eigenvalue weighted by Crippen LogP contribution is -2.55. The highest BCUT2D eigenvalue weighted by molar-refractivity contribution is 8.13. The number of thioether (sulfide) groups is 1. The van der Waals surface area contributed by atoms with Gasteiger partial charge in [-0.15, -0.1) is 0 Å². The van der Waals surface area contributed by atoms with Gasteiger partial charge in [0.25, 0.3) is 11.8 Å². The van der Waals surface area contributed by atoms with E-state index in [1.54, 1.807) is 12.1 Å². The smallest absolute Gasteiger partial charge is 0.329 e. The van der Waals surface area contributed by atoms with E-state index in [1.165, 1.54) is 19.1 Å². The van der Waals surface area contributed by atoms with Gasteiger partial charge in [-0.2, -0.15) is 0 Å². The van der Waals surface area contributed by atoms with Gasteiger partial charge in [-0.1, -0.05) is 30.8 Å². The molecule has 23 heavy (non-hydrogen) atoms. The number of hydrogen-bond acceptors (Lipinski definition) is 5. The van der Waals surface area contributed by atoms with Crippen molar-refractivity contribution in [3.05, 3.63) is 35.4 Å². The average molecular weight is 335 g/mol. The molecule has 0 aromatic heterocycles. The van der Waals surface area contributed by atoms with Crippen LogP contribution in [-0.4, -0.2) is 44.2 Å². The molecule has 0 spiro atoms. The van der Waals surface area contributed by atoms with E-state index in [0.717, 1.165) is 16.7 Å². The number of hydrogen-bond donors (Lipinski definition) is 1. The Bertz CT molecular complexity index is 652. The van der Waals surface area contributed by atoms with Crippen molar-refractivity contribution in [1.82, 2.24) is 4.90 Å². The first-order valence-electron chi connectivity index (χ1n) is 7.20. The minimum Gasteiger partial charge on any atom is -0.479 e. The fraction of sp³-hybridized carbons (Fsp3) is 0.375. The Morgan fingerprint density at radius 2 is 1.70 bits per heavy atom. The normalized spacial score (nSPS) is 16.2. The molecule has 1 aromatic carbocycles. The van der Waals surface area contributed by atoms with Crippen LogP contribution >= 0.6 is 11.8 Å². The first kappa shape index (κ1) is 17.2. The SMILES string of the molecule is CCSC(=O)CC[C@@](C)(C(=O)O)N1C(=O)c2ccccc2C1=O. The predicted octanol–water partition coefficient (Wildman–Crippen LogP) is 2.19. The van der Waals surface area contributed by atoms with Crippen LogP contribution in [0, 0.1) is 0 Å². The van der Waals surface area contributed by atoms with Gasteiger partial charge in [0.15, 0.2) is 5.12 Å². The van der Waals surface area contributed by atoms with Gasteiger partial charge in [0.05, 0.1) is 11.1 Å². The molecule has 0 radical (unpaired) electrons. The van der Waals surface area contributed by atoms with Gasteiger partial charge in [-0.05, 0) is 31.2 Å². The number of fused-ring (bicyclic) bond motifs is 1. The van der Waals surface area contributed by atoms with Gasteiger partial charge in [0.1, 0.15) is 5.54 Å². The van der Waals surface area contributed by atoms with Gasteiger partial charge >= 0.3 is 5.97 Å². The van der Waals surface area contributed by atoms with Crippen molar-refractivity contribution in [2.45, 2.75) is 32.2 Å².